The second-order valence-corrected chi connectivity index (χ2v) is 13.7. The topological polar surface area (TPSA) is 204 Å². The first-order valence-electron chi connectivity index (χ1n) is 13.4. The summed E-state index contributed by atoms with van der Waals surface area (Å²) in [6.07, 6.45) is -0.110. The molecule has 5 rings (SSSR count). The Morgan fingerprint density at radius 3 is 2.06 bits per heavy atom. The van der Waals surface area contributed by atoms with Gasteiger partial charge in [0.25, 0.3) is 10.1 Å². The molecule has 256 valence electrons. The number of hydrogen-bond donors (Lipinski definition) is 4. The van der Waals surface area contributed by atoms with Gasteiger partial charge in [-0.25, -0.2) is 28.2 Å². The molecule has 0 unspecified atom stereocenters. The number of hydrogen-bond acceptors (Lipinski definition) is 10. The zero-order valence-corrected chi connectivity index (χ0v) is 27.3. The lowest BCUT2D eigenvalue weighted by molar-refractivity contribution is -0.137. The summed E-state index contributed by atoms with van der Waals surface area (Å²) in [5, 5.41) is 4.87. The number of urea groups is 1. The molecule has 13 nitrogen and oxygen atoms in total. The number of halogens is 4. The maximum absolute atomic E-state index is 13.1. The minimum atomic E-state index is -4.74. The van der Waals surface area contributed by atoms with Crippen molar-refractivity contribution < 1.29 is 44.1 Å². The van der Waals surface area contributed by atoms with Crippen LogP contribution in [0, 0.1) is 0 Å². The van der Waals surface area contributed by atoms with E-state index in [0.717, 1.165) is 17.9 Å². The maximum atomic E-state index is 13.1. The van der Waals surface area contributed by atoms with E-state index in [1.54, 1.807) is 48.5 Å². The van der Waals surface area contributed by atoms with E-state index in [9.17, 15) is 34.8 Å². The van der Waals surface area contributed by atoms with Gasteiger partial charge in [-0.15, -0.1) is 0 Å². The Morgan fingerprint density at radius 2 is 1.51 bits per heavy atom. The average Bonchev–Trinajstić information content (AvgIpc) is 3.03. The summed E-state index contributed by atoms with van der Waals surface area (Å²) in [7, 11) is -7.94. The summed E-state index contributed by atoms with van der Waals surface area (Å²) in [6.45, 7) is 0. The first-order chi connectivity index (χ1) is 22.9. The van der Waals surface area contributed by atoms with Crippen LogP contribution >= 0.6 is 11.6 Å². The molecule has 0 saturated heterocycles. The number of anilines is 3. The van der Waals surface area contributed by atoms with Gasteiger partial charge in [0.1, 0.15) is 11.6 Å². The molecule has 0 aliphatic rings. The highest BCUT2D eigenvalue weighted by Gasteiger charge is 2.32. The number of pyridine rings is 1. The Kier molecular flexibility index (Phi) is 11.1. The molecule has 0 fully saturated rings. The normalized spacial score (nSPS) is 11.6. The van der Waals surface area contributed by atoms with Crippen molar-refractivity contribution in [2.75, 3.05) is 22.6 Å². The lowest BCUT2D eigenvalue weighted by atomic mass is 10.1. The van der Waals surface area contributed by atoms with Gasteiger partial charge < -0.3 is 21.1 Å². The highest BCUT2D eigenvalue weighted by atomic mass is 35.5. The molecule has 0 atom stereocenters. The van der Waals surface area contributed by atoms with Crippen LogP contribution in [0.4, 0.5) is 35.2 Å². The number of ether oxygens (including phenoxy) is 1. The second-order valence-electron chi connectivity index (χ2n) is 9.82. The van der Waals surface area contributed by atoms with Gasteiger partial charge in [0.05, 0.1) is 44.1 Å². The van der Waals surface area contributed by atoms with Crippen LogP contribution < -0.4 is 21.1 Å². The molecule has 19 heteroatoms. The van der Waals surface area contributed by atoms with Gasteiger partial charge in [-0.3, -0.25) is 4.55 Å². The Labute approximate surface area is 282 Å². The van der Waals surface area contributed by atoms with E-state index < -0.39 is 48.3 Å². The molecule has 0 spiro atoms. The second kappa shape index (κ2) is 14.9. The van der Waals surface area contributed by atoms with Crippen LogP contribution in [-0.2, 0) is 26.1 Å². The van der Waals surface area contributed by atoms with Crippen LogP contribution in [0.25, 0.3) is 11.1 Å². The third kappa shape index (κ3) is 10.3. The summed E-state index contributed by atoms with van der Waals surface area (Å²) in [5.74, 6) is 0.702. The summed E-state index contributed by atoms with van der Waals surface area (Å²) in [6, 6.07) is 16.7. The molecule has 2 aromatic heterocycles. The third-order valence-corrected chi connectivity index (χ3v) is 8.37. The number of amides is 2. The van der Waals surface area contributed by atoms with Gasteiger partial charge in [-0.1, -0.05) is 41.9 Å². The van der Waals surface area contributed by atoms with Gasteiger partial charge in [0.2, 0.25) is 0 Å². The maximum Gasteiger partial charge on any atom is 0.416 e. The van der Waals surface area contributed by atoms with E-state index in [-0.39, 0.29) is 16.6 Å². The number of carbonyl (C=O) groups excluding carboxylic acids is 1. The molecule has 0 saturated carbocycles. The zero-order chi connectivity index (χ0) is 36.0. The van der Waals surface area contributed by atoms with Crippen LogP contribution in [-0.4, -0.2) is 48.6 Å². The number of nitrogens with zero attached hydrogens (tertiary/aromatic N) is 3. The standard InChI is InChI=1S/C24H18ClF3N6O4S.C6H6O3S/c1-39(36,37)20-7-4-14(24(26,27)28)8-19(20)34-22(35)33-16-11-31-23(32-12-16)38-17-5-2-13(3-6-17)18-9-15(25)10-30-21(18)29;7-10(8,9)6-4-2-1-3-5-6/h2-12H,1H3,(H2,29,30)(H2,33,34,35);1-5H,(H,7,8,9). The van der Waals surface area contributed by atoms with Crippen molar-refractivity contribution in [2.45, 2.75) is 16.0 Å². The monoisotopic (exact) mass is 736 g/mol. The molecular weight excluding hydrogens is 713 g/mol. The molecule has 0 bridgehead atoms. The fraction of sp³-hybridized carbons (Fsp3) is 0.0667. The smallest absolute Gasteiger partial charge is 0.416 e. The predicted molar refractivity (Wildman–Crippen MR) is 175 cm³/mol. The molecule has 5 aromatic rings. The predicted octanol–water partition coefficient (Wildman–Crippen LogP) is 6.57. The first kappa shape index (κ1) is 36.5. The Hall–Kier alpha value is -5.30. The van der Waals surface area contributed by atoms with Crippen molar-refractivity contribution >= 4 is 54.8 Å². The summed E-state index contributed by atoms with van der Waals surface area (Å²) < 4.78 is 98.0. The number of aromatic nitrogens is 3. The van der Waals surface area contributed by atoms with Gasteiger partial charge >= 0.3 is 18.2 Å². The quantitative estimate of drug-likeness (QED) is 0.132. The zero-order valence-electron chi connectivity index (χ0n) is 24.9. The molecule has 0 aliphatic carbocycles. The van der Waals surface area contributed by atoms with Crippen LogP contribution in [0.3, 0.4) is 0 Å². The van der Waals surface area contributed by atoms with Crippen LogP contribution in [0.1, 0.15) is 5.56 Å². The fourth-order valence-corrected chi connectivity index (χ4v) is 5.41. The number of sulfone groups is 1. The van der Waals surface area contributed by atoms with Gasteiger partial charge in [0, 0.05) is 18.0 Å². The van der Waals surface area contributed by atoms with Gasteiger partial charge in [0.15, 0.2) is 9.84 Å². The van der Waals surface area contributed by atoms with E-state index in [0.29, 0.717) is 34.3 Å². The van der Waals surface area contributed by atoms with Crippen molar-refractivity contribution in [3.05, 3.63) is 108 Å². The van der Waals surface area contributed by atoms with Crippen molar-refractivity contribution in [3.63, 3.8) is 0 Å². The molecule has 49 heavy (non-hydrogen) atoms. The van der Waals surface area contributed by atoms with Crippen molar-refractivity contribution in [1.82, 2.24) is 15.0 Å². The van der Waals surface area contributed by atoms with Crippen molar-refractivity contribution in [2.24, 2.45) is 0 Å². The molecule has 3 aromatic carbocycles. The summed E-state index contributed by atoms with van der Waals surface area (Å²) in [5.41, 5.74) is 5.69. The Bertz CT molecular complexity index is 2180. The summed E-state index contributed by atoms with van der Waals surface area (Å²) in [4.78, 5) is 23.8. The van der Waals surface area contributed by atoms with Crippen molar-refractivity contribution in [3.8, 4) is 22.9 Å². The molecular formula is C30H24ClF3N6O7S2. The van der Waals surface area contributed by atoms with E-state index in [2.05, 4.69) is 25.6 Å². The largest absolute Gasteiger partial charge is 0.424 e. The van der Waals surface area contributed by atoms with Crippen LogP contribution in [0.5, 0.6) is 11.8 Å². The lowest BCUT2D eigenvalue weighted by Gasteiger charge is -2.14. The van der Waals surface area contributed by atoms with Crippen LogP contribution in [0.2, 0.25) is 5.02 Å². The van der Waals surface area contributed by atoms with E-state index >= 15 is 0 Å². The minimum Gasteiger partial charge on any atom is -0.424 e. The van der Waals surface area contributed by atoms with Crippen molar-refractivity contribution in [1.29, 1.82) is 0 Å². The highest BCUT2D eigenvalue weighted by molar-refractivity contribution is 7.90. The van der Waals surface area contributed by atoms with Gasteiger partial charge in [-0.2, -0.15) is 21.6 Å². The fourth-order valence-electron chi connectivity index (χ4n) is 3.93. The third-order valence-electron chi connectivity index (χ3n) is 6.14. The number of rotatable bonds is 7. The highest BCUT2D eigenvalue weighted by Crippen LogP contribution is 2.34. The average molecular weight is 737 g/mol. The number of nitrogens with one attached hydrogen (secondary N) is 2. The number of nitrogen functional groups attached to an aromatic ring is 1. The molecule has 0 aliphatic heterocycles. The number of nitrogens with two attached hydrogens (primary N) is 1. The van der Waals surface area contributed by atoms with E-state index in [1.165, 1.54) is 30.7 Å². The molecule has 0 radical (unpaired) electrons. The van der Waals surface area contributed by atoms with Gasteiger partial charge in [-0.05, 0) is 54.1 Å². The lowest BCUT2D eigenvalue weighted by Crippen LogP contribution is -2.21. The Balaban J connectivity index is 0.000000463. The minimum absolute atomic E-state index is 0.0603. The molecule has 2 amide bonds. The number of benzene rings is 3. The van der Waals surface area contributed by atoms with Crippen LogP contribution in [0.15, 0.2) is 107 Å². The number of alkyl halides is 3. The van der Waals surface area contributed by atoms with E-state index in [4.69, 9.17) is 26.6 Å². The Morgan fingerprint density at radius 1 is 0.878 bits per heavy atom. The van der Waals surface area contributed by atoms with E-state index in [1.807, 2.05) is 0 Å². The molecule has 5 N–H and O–H groups in total. The summed E-state index contributed by atoms with van der Waals surface area (Å²) >= 11 is 5.98. The number of carbonyl (C=O) groups is 1. The SMILES string of the molecule is CS(=O)(=O)c1ccc(C(F)(F)F)cc1NC(=O)Nc1cnc(Oc2ccc(-c3cc(Cl)cnc3N)cc2)nc1.O=S(=O)(O)c1ccccc1. The molecule has 2 heterocycles. The first-order valence-corrected chi connectivity index (χ1v) is 17.1.